The second-order valence-corrected chi connectivity index (χ2v) is 6.12. The third-order valence-electron chi connectivity index (χ3n) is 4.78. The number of nitro groups is 1. The molecule has 0 saturated heterocycles. The summed E-state index contributed by atoms with van der Waals surface area (Å²) in [6.07, 6.45) is 3.30. The molecule has 0 aliphatic heterocycles. The molecule has 4 heteroatoms. The van der Waals surface area contributed by atoms with Crippen LogP contribution >= 0.6 is 0 Å². The van der Waals surface area contributed by atoms with Gasteiger partial charge in [0.15, 0.2) is 5.78 Å². The normalized spacial score (nSPS) is 14.4. The molecule has 0 saturated carbocycles. The summed E-state index contributed by atoms with van der Waals surface area (Å²) in [5, 5.41) is 11.1. The summed E-state index contributed by atoms with van der Waals surface area (Å²) in [4.78, 5) is 22.5. The molecule has 2 aliphatic carbocycles. The molecule has 0 N–H and O–H groups in total. The van der Waals surface area contributed by atoms with Crippen molar-refractivity contribution < 1.29 is 9.72 Å². The molecule has 0 fully saturated rings. The number of Topliss-reactive ketones (excluding diaryl/α,β-unsaturated/α-hetero) is 1. The van der Waals surface area contributed by atoms with Gasteiger partial charge in [-0.1, -0.05) is 0 Å². The van der Waals surface area contributed by atoms with Gasteiger partial charge in [0.2, 0.25) is 0 Å². The second kappa shape index (κ2) is 4.50. The van der Waals surface area contributed by atoms with E-state index in [9.17, 15) is 14.9 Å². The Morgan fingerprint density at radius 3 is 1.68 bits per heavy atom. The molecule has 110 valence electrons. The number of carbonyl (C=O) groups excluding carboxylic acids is 1. The molecule has 0 aromatic heterocycles. The van der Waals surface area contributed by atoms with Crippen LogP contribution in [-0.2, 0) is 25.7 Å². The Balaban J connectivity index is 1.99. The van der Waals surface area contributed by atoms with Gasteiger partial charge in [-0.25, -0.2) is 0 Å². The Hall–Kier alpha value is -2.49. The minimum absolute atomic E-state index is 0.0966. The number of aryl methyl sites for hydroxylation is 4. The lowest BCUT2D eigenvalue weighted by Gasteiger charge is -2.29. The van der Waals surface area contributed by atoms with Crippen molar-refractivity contribution in [3.05, 3.63) is 62.2 Å². The molecular weight excluding hydrogens is 278 g/mol. The number of rotatable bonds is 2. The number of ketones is 1. The topological polar surface area (TPSA) is 60.2 Å². The Morgan fingerprint density at radius 1 is 0.909 bits per heavy atom. The molecular formula is C18H15NO3. The predicted octanol–water partition coefficient (Wildman–Crippen LogP) is 3.66. The summed E-state index contributed by atoms with van der Waals surface area (Å²) in [6.45, 7) is 1.60. The number of hydrogen-bond acceptors (Lipinski definition) is 3. The third kappa shape index (κ3) is 1.80. The fourth-order valence-electron chi connectivity index (χ4n) is 3.80. The number of nitrogens with zero attached hydrogens (tertiary/aromatic N) is 1. The van der Waals surface area contributed by atoms with Crippen LogP contribution in [0.25, 0.3) is 11.1 Å². The van der Waals surface area contributed by atoms with E-state index in [0.717, 1.165) is 42.4 Å². The SMILES string of the molecule is CC(=O)c1cc2c3c(c1)CCc1cc([N+](=O)[O-])cc(c1-3)CC2. The molecule has 0 atom stereocenters. The summed E-state index contributed by atoms with van der Waals surface area (Å²) in [7, 11) is 0. The average molecular weight is 293 g/mol. The maximum absolute atomic E-state index is 11.7. The van der Waals surface area contributed by atoms with Crippen LogP contribution in [-0.4, -0.2) is 10.7 Å². The zero-order valence-electron chi connectivity index (χ0n) is 12.3. The zero-order chi connectivity index (χ0) is 15.4. The van der Waals surface area contributed by atoms with E-state index >= 15 is 0 Å². The quantitative estimate of drug-likeness (QED) is 0.482. The molecule has 2 aromatic rings. The van der Waals surface area contributed by atoms with Gasteiger partial charge in [0.25, 0.3) is 5.69 Å². The predicted molar refractivity (Wildman–Crippen MR) is 83.4 cm³/mol. The maximum Gasteiger partial charge on any atom is 0.270 e. The summed E-state index contributed by atoms with van der Waals surface area (Å²) >= 11 is 0. The van der Waals surface area contributed by atoms with Crippen LogP contribution in [0.15, 0.2) is 24.3 Å². The van der Waals surface area contributed by atoms with Crippen LogP contribution < -0.4 is 0 Å². The zero-order valence-corrected chi connectivity index (χ0v) is 12.3. The van der Waals surface area contributed by atoms with Crippen molar-refractivity contribution in [1.29, 1.82) is 0 Å². The second-order valence-electron chi connectivity index (χ2n) is 6.12. The molecule has 0 amide bonds. The van der Waals surface area contributed by atoms with Crippen LogP contribution in [0.4, 0.5) is 5.69 Å². The Kier molecular flexibility index (Phi) is 2.70. The minimum atomic E-state index is -0.305. The van der Waals surface area contributed by atoms with E-state index < -0.39 is 0 Å². The van der Waals surface area contributed by atoms with E-state index in [1.165, 1.54) is 22.3 Å². The highest BCUT2D eigenvalue weighted by Crippen LogP contribution is 2.44. The highest BCUT2D eigenvalue weighted by atomic mass is 16.6. The number of benzene rings is 2. The number of nitro benzene ring substituents is 1. The van der Waals surface area contributed by atoms with E-state index in [0.29, 0.717) is 0 Å². The molecule has 0 radical (unpaired) electrons. The summed E-state index contributed by atoms with van der Waals surface area (Å²) in [6, 6.07) is 7.44. The highest BCUT2D eigenvalue weighted by molar-refractivity contribution is 5.96. The standard InChI is InChI=1S/C18H15NO3/c1-10(20)15-6-11-2-4-13-8-16(19(21)22)9-14-5-3-12(7-15)17(11)18(13)14/h6-9H,2-5H2,1H3. The van der Waals surface area contributed by atoms with Crippen molar-refractivity contribution in [1.82, 2.24) is 0 Å². The van der Waals surface area contributed by atoms with Crippen molar-refractivity contribution in [2.24, 2.45) is 0 Å². The fraction of sp³-hybridized carbons (Fsp3) is 0.278. The number of hydrogen-bond donors (Lipinski definition) is 0. The van der Waals surface area contributed by atoms with Crippen LogP contribution in [0.5, 0.6) is 0 Å². The first-order valence-corrected chi connectivity index (χ1v) is 7.52. The highest BCUT2D eigenvalue weighted by Gasteiger charge is 2.28. The molecule has 4 rings (SSSR count). The van der Waals surface area contributed by atoms with Crippen LogP contribution in [0.3, 0.4) is 0 Å². The number of non-ortho nitro benzene ring substituents is 1. The number of carbonyl (C=O) groups is 1. The Labute approximate surface area is 127 Å². The third-order valence-corrected chi connectivity index (χ3v) is 4.78. The molecule has 0 bridgehead atoms. The molecule has 0 unspecified atom stereocenters. The van der Waals surface area contributed by atoms with E-state index in [1.54, 1.807) is 19.1 Å². The first-order chi connectivity index (χ1) is 10.5. The average Bonchev–Trinajstić information content (AvgIpc) is 2.51. The smallest absolute Gasteiger partial charge is 0.270 e. The Morgan fingerprint density at radius 2 is 1.32 bits per heavy atom. The monoisotopic (exact) mass is 293 g/mol. The molecule has 0 heterocycles. The van der Waals surface area contributed by atoms with Crippen molar-refractivity contribution in [3.8, 4) is 11.1 Å². The Bertz CT molecular complexity index is 730. The first kappa shape index (κ1) is 13.2. The minimum Gasteiger partial charge on any atom is -0.295 e. The van der Waals surface area contributed by atoms with Crippen molar-refractivity contribution >= 4 is 11.5 Å². The lowest BCUT2D eigenvalue weighted by Crippen LogP contribution is -2.15. The van der Waals surface area contributed by atoms with Crippen molar-refractivity contribution in [2.45, 2.75) is 32.6 Å². The van der Waals surface area contributed by atoms with Crippen LogP contribution in [0, 0.1) is 10.1 Å². The molecule has 2 aromatic carbocycles. The van der Waals surface area contributed by atoms with E-state index in [1.807, 2.05) is 12.1 Å². The first-order valence-electron chi connectivity index (χ1n) is 7.52. The fourth-order valence-corrected chi connectivity index (χ4v) is 3.80. The van der Waals surface area contributed by atoms with Gasteiger partial charge in [-0.3, -0.25) is 14.9 Å². The largest absolute Gasteiger partial charge is 0.295 e. The molecule has 2 aliphatic rings. The summed E-state index contributed by atoms with van der Waals surface area (Å²) in [5.74, 6) is 0.0966. The van der Waals surface area contributed by atoms with Crippen LogP contribution in [0.2, 0.25) is 0 Å². The van der Waals surface area contributed by atoms with Gasteiger partial charge in [-0.2, -0.15) is 0 Å². The van der Waals surface area contributed by atoms with Gasteiger partial charge in [0.05, 0.1) is 4.92 Å². The molecule has 0 spiro atoms. The summed E-state index contributed by atoms with van der Waals surface area (Å²) < 4.78 is 0. The van der Waals surface area contributed by atoms with E-state index in [2.05, 4.69) is 0 Å². The van der Waals surface area contributed by atoms with Gasteiger partial charge in [0, 0.05) is 17.7 Å². The van der Waals surface area contributed by atoms with E-state index in [-0.39, 0.29) is 16.4 Å². The molecule has 4 nitrogen and oxygen atoms in total. The lowest BCUT2D eigenvalue weighted by atomic mass is 9.74. The van der Waals surface area contributed by atoms with E-state index in [4.69, 9.17) is 0 Å². The maximum atomic E-state index is 11.7. The molecule has 22 heavy (non-hydrogen) atoms. The van der Waals surface area contributed by atoms with Gasteiger partial charge in [-0.15, -0.1) is 0 Å². The van der Waals surface area contributed by atoms with Gasteiger partial charge in [-0.05, 0) is 78.1 Å². The van der Waals surface area contributed by atoms with Gasteiger partial charge >= 0.3 is 0 Å². The van der Waals surface area contributed by atoms with Gasteiger partial charge < -0.3 is 0 Å². The van der Waals surface area contributed by atoms with Gasteiger partial charge in [0.1, 0.15) is 0 Å². The van der Waals surface area contributed by atoms with Crippen LogP contribution in [0.1, 0.15) is 39.5 Å². The summed E-state index contributed by atoms with van der Waals surface area (Å²) in [5.41, 5.74) is 7.96. The lowest BCUT2D eigenvalue weighted by molar-refractivity contribution is -0.385. The van der Waals surface area contributed by atoms with Crippen molar-refractivity contribution in [2.75, 3.05) is 0 Å². The van der Waals surface area contributed by atoms with Crippen molar-refractivity contribution in [3.63, 3.8) is 0 Å².